The summed E-state index contributed by atoms with van der Waals surface area (Å²) in [5, 5.41) is 5.85. The molecule has 0 aromatic heterocycles. The van der Waals surface area contributed by atoms with Crippen LogP contribution >= 0.6 is 0 Å². The molecule has 19 heavy (non-hydrogen) atoms. The van der Waals surface area contributed by atoms with E-state index in [1.807, 2.05) is 30.3 Å². The molecule has 0 spiro atoms. The van der Waals surface area contributed by atoms with Crippen LogP contribution in [-0.4, -0.2) is 22.2 Å². The van der Waals surface area contributed by atoms with Gasteiger partial charge in [-0.3, -0.25) is 0 Å². The standard InChI is InChI=1S/C12H11N6O/c13-12-16-10-4-2-1-3-9(10)11-5-6-15-18(11,12)17-14-7-8-19-17/h1-8,14H,(H2,13,16)/q+1. The Balaban J connectivity index is 1.93. The maximum Gasteiger partial charge on any atom is 0.358 e. The first-order chi connectivity index (χ1) is 9.32. The molecule has 94 valence electrons. The number of benzene rings is 1. The van der Waals surface area contributed by atoms with E-state index >= 15 is 0 Å². The molecule has 1 aromatic rings. The molecule has 0 saturated heterocycles. The summed E-state index contributed by atoms with van der Waals surface area (Å²) in [6.45, 7) is 0. The number of guanidine groups is 1. The van der Waals surface area contributed by atoms with Crippen molar-refractivity contribution < 1.29 is 9.54 Å². The molecular weight excluding hydrogens is 244 g/mol. The van der Waals surface area contributed by atoms with Crippen molar-refractivity contribution in [1.29, 1.82) is 0 Å². The van der Waals surface area contributed by atoms with E-state index in [4.69, 9.17) is 10.6 Å². The predicted octanol–water partition coefficient (Wildman–Crippen LogP) is 0.942. The zero-order valence-corrected chi connectivity index (χ0v) is 9.89. The summed E-state index contributed by atoms with van der Waals surface area (Å²) >= 11 is 0. The Kier molecular flexibility index (Phi) is 1.86. The molecule has 0 saturated carbocycles. The van der Waals surface area contributed by atoms with Crippen molar-refractivity contribution in [2.24, 2.45) is 15.8 Å². The smallest absolute Gasteiger partial charge is 0.347 e. The molecule has 1 aromatic carbocycles. The normalized spacial score (nSPS) is 27.2. The van der Waals surface area contributed by atoms with Gasteiger partial charge in [-0.05, 0) is 12.1 Å². The highest BCUT2D eigenvalue weighted by Gasteiger charge is 2.54. The van der Waals surface area contributed by atoms with Gasteiger partial charge in [0.2, 0.25) is 5.70 Å². The molecule has 0 fully saturated rings. The first kappa shape index (κ1) is 10.3. The molecule has 7 nitrogen and oxygen atoms in total. The summed E-state index contributed by atoms with van der Waals surface area (Å²) in [5.41, 5.74) is 11.8. The number of rotatable bonds is 1. The quantitative estimate of drug-likeness (QED) is 0.732. The summed E-state index contributed by atoms with van der Waals surface area (Å²) in [6.07, 6.45) is 6.78. The van der Waals surface area contributed by atoms with Crippen molar-refractivity contribution in [2.45, 2.75) is 0 Å². The number of para-hydroxylation sites is 1. The number of hydrogen-bond donors (Lipinski definition) is 2. The van der Waals surface area contributed by atoms with Gasteiger partial charge in [-0.25, -0.2) is 5.43 Å². The minimum absolute atomic E-state index is 0.149. The van der Waals surface area contributed by atoms with Crippen molar-refractivity contribution in [1.82, 2.24) is 10.7 Å². The van der Waals surface area contributed by atoms with Gasteiger partial charge in [-0.15, -0.1) is 0 Å². The molecule has 3 aliphatic heterocycles. The van der Waals surface area contributed by atoms with Gasteiger partial charge in [-0.2, -0.15) is 4.99 Å². The second-order valence-electron chi connectivity index (χ2n) is 4.22. The molecule has 0 bridgehead atoms. The third-order valence-electron chi connectivity index (χ3n) is 3.21. The van der Waals surface area contributed by atoms with E-state index in [2.05, 4.69) is 15.5 Å². The Hall–Kier alpha value is -2.64. The molecule has 7 heteroatoms. The molecule has 1 atom stereocenters. The van der Waals surface area contributed by atoms with Crippen LogP contribution in [0.4, 0.5) is 5.69 Å². The number of nitrogens with one attached hydrogen (secondary N) is 1. The van der Waals surface area contributed by atoms with Gasteiger partial charge in [0.25, 0.3) is 0 Å². The zero-order chi connectivity index (χ0) is 12.9. The molecule has 4 rings (SSSR count). The number of fused-ring (bicyclic) bond motifs is 3. The van der Waals surface area contributed by atoms with Crippen molar-refractivity contribution in [3.05, 3.63) is 48.4 Å². The van der Waals surface area contributed by atoms with Crippen LogP contribution in [0.1, 0.15) is 5.56 Å². The third kappa shape index (κ3) is 1.17. The number of hydrogen-bond acceptors (Lipinski definition) is 6. The maximum atomic E-state index is 6.13. The maximum absolute atomic E-state index is 6.13. The lowest BCUT2D eigenvalue weighted by Crippen LogP contribution is -2.63. The van der Waals surface area contributed by atoms with Crippen molar-refractivity contribution in [3.8, 4) is 0 Å². The van der Waals surface area contributed by atoms with Crippen LogP contribution in [0.15, 0.2) is 52.9 Å². The molecule has 3 N–H and O–H groups in total. The fourth-order valence-electron chi connectivity index (χ4n) is 2.39. The van der Waals surface area contributed by atoms with E-state index in [0.29, 0.717) is 5.96 Å². The number of hydrazine groups is 1. The Labute approximate surface area is 109 Å². The van der Waals surface area contributed by atoms with Crippen LogP contribution < -0.4 is 11.2 Å². The van der Waals surface area contributed by atoms with Gasteiger partial charge < -0.3 is 10.6 Å². The van der Waals surface area contributed by atoms with Gasteiger partial charge in [0.15, 0.2) is 5.28 Å². The summed E-state index contributed by atoms with van der Waals surface area (Å²) in [4.78, 5) is 9.81. The van der Waals surface area contributed by atoms with Crippen LogP contribution in [0.25, 0.3) is 5.70 Å². The highest BCUT2D eigenvalue weighted by Crippen LogP contribution is 2.42. The molecule has 0 amide bonds. The average molecular weight is 255 g/mol. The van der Waals surface area contributed by atoms with Gasteiger partial charge in [0, 0.05) is 10.8 Å². The second-order valence-corrected chi connectivity index (χ2v) is 4.22. The van der Waals surface area contributed by atoms with Crippen molar-refractivity contribution >= 4 is 23.6 Å². The minimum Gasteiger partial charge on any atom is -0.347 e. The monoisotopic (exact) mass is 255 g/mol. The average Bonchev–Trinajstić information content (AvgIpc) is 3.09. The third-order valence-corrected chi connectivity index (χ3v) is 3.21. The largest absolute Gasteiger partial charge is 0.358 e. The van der Waals surface area contributed by atoms with E-state index in [-0.39, 0.29) is 4.70 Å². The van der Waals surface area contributed by atoms with E-state index < -0.39 is 0 Å². The van der Waals surface area contributed by atoms with Gasteiger partial charge in [0.1, 0.15) is 6.26 Å². The van der Waals surface area contributed by atoms with Crippen LogP contribution in [0.5, 0.6) is 0 Å². The highest BCUT2D eigenvalue weighted by atomic mass is 16.8. The topological polar surface area (TPSA) is 75.2 Å². The fourth-order valence-corrected chi connectivity index (χ4v) is 2.39. The predicted molar refractivity (Wildman–Crippen MR) is 69.7 cm³/mol. The van der Waals surface area contributed by atoms with E-state index in [0.717, 1.165) is 16.9 Å². The minimum atomic E-state index is -0.149. The summed E-state index contributed by atoms with van der Waals surface area (Å²) in [6, 6.07) is 7.80. The molecule has 0 radical (unpaired) electrons. The Bertz CT molecular complexity index is 669. The van der Waals surface area contributed by atoms with Gasteiger partial charge >= 0.3 is 5.96 Å². The van der Waals surface area contributed by atoms with Crippen molar-refractivity contribution in [3.63, 3.8) is 0 Å². The lowest BCUT2D eigenvalue weighted by atomic mass is 10.1. The molecule has 0 aliphatic carbocycles. The lowest BCUT2D eigenvalue weighted by molar-refractivity contribution is -0.951. The van der Waals surface area contributed by atoms with Crippen LogP contribution in [0.2, 0.25) is 0 Å². The Morgan fingerprint density at radius 2 is 2.21 bits per heavy atom. The number of aliphatic imine (C=N–C) groups is 1. The van der Waals surface area contributed by atoms with E-state index in [1.54, 1.807) is 12.4 Å². The first-order valence-electron chi connectivity index (χ1n) is 5.80. The fraction of sp³-hybridized carbons (Fsp3) is 0. The van der Waals surface area contributed by atoms with Crippen molar-refractivity contribution in [2.75, 3.05) is 0 Å². The van der Waals surface area contributed by atoms with Crippen LogP contribution in [-0.2, 0) is 4.84 Å². The van der Waals surface area contributed by atoms with Gasteiger partial charge in [0.05, 0.1) is 23.7 Å². The molecule has 1 unspecified atom stereocenters. The van der Waals surface area contributed by atoms with Crippen LogP contribution in [0, 0.1) is 0 Å². The number of nitrogens with zero attached hydrogens (tertiary/aromatic N) is 4. The first-order valence-corrected chi connectivity index (χ1v) is 5.80. The summed E-state index contributed by atoms with van der Waals surface area (Å²) in [5.74, 6) is 0.315. The lowest BCUT2D eigenvalue weighted by Gasteiger charge is -2.34. The molecule has 3 aliphatic rings. The van der Waals surface area contributed by atoms with Gasteiger partial charge in [-0.1, -0.05) is 17.2 Å². The summed E-state index contributed by atoms with van der Waals surface area (Å²) in [7, 11) is 0. The molecule has 3 heterocycles. The number of quaternary nitrogens is 1. The Morgan fingerprint density at radius 1 is 1.32 bits per heavy atom. The van der Waals surface area contributed by atoms with E-state index in [9.17, 15) is 0 Å². The highest BCUT2D eigenvalue weighted by molar-refractivity contribution is 5.95. The number of allylic oxidation sites excluding steroid dienone is 1. The van der Waals surface area contributed by atoms with Crippen LogP contribution in [0.3, 0.4) is 0 Å². The number of nitrogens with two attached hydrogens (primary N) is 1. The zero-order valence-electron chi connectivity index (χ0n) is 9.89. The second kappa shape index (κ2) is 3.44. The SMILES string of the molecule is NC1=Nc2ccccc2C2=CC=N[N+]21N1NC=CO1. The Morgan fingerprint density at radius 3 is 3.05 bits per heavy atom. The molecular formula is C12H11N6O+. The van der Waals surface area contributed by atoms with E-state index in [1.165, 1.54) is 11.5 Å². The summed E-state index contributed by atoms with van der Waals surface area (Å²) < 4.78 is -0.149.